The number of hydrogen-bond acceptors (Lipinski definition) is 5. The standard InChI is InChI=1S/C18H25NO6/c1-4-24-17(22)15(12-11-14-9-7-6-8-10-14)19(13(3)16(20)21)18(23)25-5-2/h6-10,13,15H,4-5,11-12H2,1-3H3,(H,20,21)/t13-,15-/m0/s1. The summed E-state index contributed by atoms with van der Waals surface area (Å²) in [5.74, 6) is -1.86. The van der Waals surface area contributed by atoms with E-state index < -0.39 is 30.1 Å². The summed E-state index contributed by atoms with van der Waals surface area (Å²) in [6.07, 6.45) is -0.116. The maximum Gasteiger partial charge on any atom is 0.411 e. The highest BCUT2D eigenvalue weighted by Crippen LogP contribution is 2.17. The van der Waals surface area contributed by atoms with E-state index in [1.165, 1.54) is 6.92 Å². The van der Waals surface area contributed by atoms with Gasteiger partial charge in [-0.1, -0.05) is 30.3 Å². The fourth-order valence-electron chi connectivity index (χ4n) is 2.43. The second kappa shape index (κ2) is 10.3. The fraction of sp³-hybridized carbons (Fsp3) is 0.500. The SMILES string of the molecule is CCOC(=O)[C@H](CCc1ccccc1)N(C(=O)OCC)[C@@H](C)C(=O)O. The molecule has 0 fully saturated rings. The molecular formula is C18H25NO6. The van der Waals surface area contributed by atoms with Gasteiger partial charge < -0.3 is 14.6 Å². The van der Waals surface area contributed by atoms with Gasteiger partial charge in [-0.15, -0.1) is 0 Å². The number of carboxylic acids is 1. The highest BCUT2D eigenvalue weighted by Gasteiger charge is 2.38. The van der Waals surface area contributed by atoms with Gasteiger partial charge in [0.05, 0.1) is 13.2 Å². The van der Waals surface area contributed by atoms with E-state index in [0.29, 0.717) is 6.42 Å². The van der Waals surface area contributed by atoms with E-state index in [1.807, 2.05) is 30.3 Å². The number of carbonyl (C=O) groups is 3. The van der Waals surface area contributed by atoms with Crippen LogP contribution >= 0.6 is 0 Å². The first-order valence-electron chi connectivity index (χ1n) is 8.30. The van der Waals surface area contributed by atoms with Crippen molar-refractivity contribution in [1.82, 2.24) is 4.90 Å². The Hall–Kier alpha value is -2.57. The number of amides is 1. The first-order chi connectivity index (χ1) is 11.9. The first kappa shape index (κ1) is 20.5. The van der Waals surface area contributed by atoms with Crippen molar-refractivity contribution in [3.05, 3.63) is 35.9 Å². The lowest BCUT2D eigenvalue weighted by Crippen LogP contribution is -2.53. The molecular weight excluding hydrogens is 326 g/mol. The molecule has 1 N–H and O–H groups in total. The van der Waals surface area contributed by atoms with Crippen LogP contribution in [0.5, 0.6) is 0 Å². The van der Waals surface area contributed by atoms with Crippen molar-refractivity contribution < 1.29 is 29.0 Å². The molecule has 0 aromatic heterocycles. The normalized spacial score (nSPS) is 12.8. The number of aryl methyl sites for hydroxylation is 1. The monoisotopic (exact) mass is 351 g/mol. The van der Waals surface area contributed by atoms with E-state index >= 15 is 0 Å². The fourth-order valence-corrected chi connectivity index (χ4v) is 2.43. The largest absolute Gasteiger partial charge is 0.480 e. The highest BCUT2D eigenvalue weighted by atomic mass is 16.6. The van der Waals surface area contributed by atoms with E-state index in [9.17, 15) is 19.5 Å². The van der Waals surface area contributed by atoms with Crippen molar-refractivity contribution in [2.24, 2.45) is 0 Å². The third kappa shape index (κ3) is 6.10. The molecule has 0 aliphatic heterocycles. The molecule has 0 saturated heterocycles. The highest BCUT2D eigenvalue weighted by molar-refractivity contribution is 5.86. The van der Waals surface area contributed by atoms with Crippen molar-refractivity contribution in [3.63, 3.8) is 0 Å². The van der Waals surface area contributed by atoms with Crippen molar-refractivity contribution >= 4 is 18.0 Å². The number of hydrogen-bond donors (Lipinski definition) is 1. The van der Waals surface area contributed by atoms with Crippen molar-refractivity contribution in [2.45, 2.75) is 45.7 Å². The summed E-state index contributed by atoms with van der Waals surface area (Å²) in [5, 5.41) is 9.31. The van der Waals surface area contributed by atoms with Crippen molar-refractivity contribution in [3.8, 4) is 0 Å². The predicted molar refractivity (Wildman–Crippen MR) is 91.1 cm³/mol. The number of benzene rings is 1. The number of aliphatic carboxylic acids is 1. The van der Waals surface area contributed by atoms with Crippen LogP contribution in [0, 0.1) is 0 Å². The van der Waals surface area contributed by atoms with E-state index in [-0.39, 0.29) is 19.6 Å². The molecule has 1 amide bonds. The molecule has 0 aliphatic rings. The Kier molecular flexibility index (Phi) is 8.46. The molecule has 0 bridgehead atoms. The summed E-state index contributed by atoms with van der Waals surface area (Å²) in [6, 6.07) is 7.17. The number of rotatable bonds is 9. The predicted octanol–water partition coefficient (Wildman–Crippen LogP) is 2.48. The molecule has 138 valence electrons. The summed E-state index contributed by atoms with van der Waals surface area (Å²) >= 11 is 0. The van der Waals surface area contributed by atoms with Crippen LogP contribution in [0.3, 0.4) is 0 Å². The number of carboxylic acid groups (broad SMARTS) is 1. The van der Waals surface area contributed by atoms with Gasteiger partial charge in [-0.3, -0.25) is 4.90 Å². The summed E-state index contributed by atoms with van der Waals surface area (Å²) in [6.45, 7) is 4.83. The summed E-state index contributed by atoms with van der Waals surface area (Å²) in [5.41, 5.74) is 0.976. The number of esters is 1. The summed E-state index contributed by atoms with van der Waals surface area (Å²) in [7, 11) is 0. The average Bonchev–Trinajstić information content (AvgIpc) is 2.59. The lowest BCUT2D eigenvalue weighted by atomic mass is 10.0. The van der Waals surface area contributed by atoms with Crippen LogP contribution in [-0.2, 0) is 25.5 Å². The molecule has 1 aromatic rings. The lowest BCUT2D eigenvalue weighted by molar-refractivity contribution is -0.153. The third-order valence-electron chi connectivity index (χ3n) is 3.70. The number of ether oxygens (including phenoxy) is 2. The molecule has 25 heavy (non-hydrogen) atoms. The molecule has 0 aliphatic carbocycles. The van der Waals surface area contributed by atoms with Gasteiger partial charge in [0.1, 0.15) is 12.1 Å². The smallest absolute Gasteiger partial charge is 0.411 e. The number of nitrogens with zero attached hydrogens (tertiary/aromatic N) is 1. The van der Waals surface area contributed by atoms with Gasteiger partial charge in [0.15, 0.2) is 0 Å². The minimum Gasteiger partial charge on any atom is -0.480 e. The van der Waals surface area contributed by atoms with Gasteiger partial charge in [0, 0.05) is 0 Å². The second-order valence-corrected chi connectivity index (χ2v) is 5.41. The number of carbonyl (C=O) groups excluding carboxylic acids is 2. The van der Waals surface area contributed by atoms with Crippen LogP contribution in [-0.4, -0.2) is 53.3 Å². The van der Waals surface area contributed by atoms with Gasteiger partial charge in [0.25, 0.3) is 0 Å². The molecule has 0 heterocycles. The lowest BCUT2D eigenvalue weighted by Gasteiger charge is -2.32. The van der Waals surface area contributed by atoms with Crippen molar-refractivity contribution in [1.29, 1.82) is 0 Å². The Morgan fingerprint density at radius 3 is 2.20 bits per heavy atom. The van der Waals surface area contributed by atoms with Gasteiger partial charge in [-0.2, -0.15) is 0 Å². The molecule has 0 unspecified atom stereocenters. The van der Waals surface area contributed by atoms with Gasteiger partial charge in [-0.05, 0) is 39.2 Å². The van der Waals surface area contributed by atoms with Crippen LogP contribution in [0.4, 0.5) is 4.79 Å². The first-order valence-corrected chi connectivity index (χ1v) is 8.30. The van der Waals surface area contributed by atoms with Crippen LogP contribution < -0.4 is 0 Å². The van der Waals surface area contributed by atoms with E-state index in [0.717, 1.165) is 10.5 Å². The Morgan fingerprint density at radius 2 is 1.68 bits per heavy atom. The van der Waals surface area contributed by atoms with Gasteiger partial charge in [0.2, 0.25) is 0 Å². The Labute approximate surface area is 147 Å². The summed E-state index contributed by atoms with van der Waals surface area (Å²) in [4.78, 5) is 37.0. The minimum atomic E-state index is -1.22. The minimum absolute atomic E-state index is 0.0793. The van der Waals surface area contributed by atoms with E-state index in [4.69, 9.17) is 9.47 Å². The Morgan fingerprint density at radius 1 is 1.08 bits per heavy atom. The van der Waals surface area contributed by atoms with Crippen LogP contribution in [0.25, 0.3) is 0 Å². The topological polar surface area (TPSA) is 93.1 Å². The Bertz CT molecular complexity index is 574. The zero-order valence-electron chi connectivity index (χ0n) is 14.8. The Balaban J connectivity index is 3.07. The summed E-state index contributed by atoms with van der Waals surface area (Å²) < 4.78 is 10.0. The van der Waals surface area contributed by atoms with E-state index in [1.54, 1.807) is 13.8 Å². The quantitative estimate of drug-likeness (QED) is 0.687. The van der Waals surface area contributed by atoms with Crippen molar-refractivity contribution in [2.75, 3.05) is 13.2 Å². The molecule has 2 atom stereocenters. The maximum atomic E-state index is 12.4. The van der Waals surface area contributed by atoms with Gasteiger partial charge in [-0.25, -0.2) is 14.4 Å². The van der Waals surface area contributed by atoms with Crippen LogP contribution in [0.15, 0.2) is 30.3 Å². The molecule has 7 nitrogen and oxygen atoms in total. The maximum absolute atomic E-state index is 12.4. The van der Waals surface area contributed by atoms with E-state index in [2.05, 4.69) is 0 Å². The third-order valence-corrected chi connectivity index (χ3v) is 3.70. The molecule has 1 aromatic carbocycles. The molecule has 0 spiro atoms. The molecule has 0 radical (unpaired) electrons. The second-order valence-electron chi connectivity index (χ2n) is 5.41. The van der Waals surface area contributed by atoms with Crippen LogP contribution in [0.1, 0.15) is 32.8 Å². The van der Waals surface area contributed by atoms with Gasteiger partial charge >= 0.3 is 18.0 Å². The van der Waals surface area contributed by atoms with Crippen LogP contribution in [0.2, 0.25) is 0 Å². The zero-order valence-corrected chi connectivity index (χ0v) is 14.8. The molecule has 1 rings (SSSR count). The molecule has 0 saturated carbocycles. The average molecular weight is 351 g/mol. The zero-order chi connectivity index (χ0) is 18.8. The molecule has 7 heteroatoms.